The molecule has 1 unspecified atom stereocenters. The van der Waals surface area contributed by atoms with Gasteiger partial charge < -0.3 is 9.32 Å². The van der Waals surface area contributed by atoms with E-state index in [9.17, 15) is 9.59 Å². The molecule has 0 fully saturated rings. The maximum Gasteiger partial charge on any atom is 0.290 e. The van der Waals surface area contributed by atoms with Crippen LogP contribution in [0.3, 0.4) is 0 Å². The van der Waals surface area contributed by atoms with Gasteiger partial charge in [-0.3, -0.25) is 9.59 Å². The van der Waals surface area contributed by atoms with Crippen LogP contribution in [-0.2, 0) is 0 Å². The highest BCUT2D eigenvalue weighted by Crippen LogP contribution is 2.37. The molecule has 2 heterocycles. The molecule has 1 amide bonds. The van der Waals surface area contributed by atoms with Crippen LogP contribution >= 0.6 is 11.6 Å². The number of halogens is 1. The third-order valence-electron chi connectivity index (χ3n) is 4.88. The lowest BCUT2D eigenvalue weighted by molar-refractivity contribution is 0.0771. The predicted octanol–water partition coefficient (Wildman–Crippen LogP) is 4.24. The summed E-state index contributed by atoms with van der Waals surface area (Å²) < 4.78 is 5.86. The number of nitrogens with zero attached hydrogens (tertiary/aromatic N) is 1. The third-order valence-corrected chi connectivity index (χ3v) is 5.12. The summed E-state index contributed by atoms with van der Waals surface area (Å²) in [5.41, 5.74) is 3.47. The second-order valence-electron chi connectivity index (χ2n) is 6.48. The fraction of sp³-hybridized carbons (Fsp3) is 0.200. The molecule has 4 rings (SSSR count). The Morgan fingerprint density at radius 2 is 1.80 bits per heavy atom. The van der Waals surface area contributed by atoms with Crippen LogP contribution in [-0.4, -0.2) is 17.9 Å². The van der Waals surface area contributed by atoms with E-state index in [1.807, 2.05) is 38.1 Å². The van der Waals surface area contributed by atoms with Gasteiger partial charge in [0.2, 0.25) is 5.76 Å². The van der Waals surface area contributed by atoms with Crippen LogP contribution < -0.4 is 5.43 Å². The zero-order valence-electron chi connectivity index (χ0n) is 14.1. The molecule has 1 aliphatic heterocycles. The average Bonchev–Trinajstić information content (AvgIpc) is 2.82. The molecule has 0 saturated heterocycles. The number of aryl methyl sites for hydroxylation is 2. The Kier molecular flexibility index (Phi) is 3.48. The smallest absolute Gasteiger partial charge is 0.290 e. The van der Waals surface area contributed by atoms with Gasteiger partial charge in [0.05, 0.1) is 17.0 Å². The molecule has 3 aromatic rings. The van der Waals surface area contributed by atoms with Crippen molar-refractivity contribution in [3.05, 3.63) is 79.7 Å². The zero-order chi connectivity index (χ0) is 17.9. The molecule has 2 aromatic carbocycles. The Hall–Kier alpha value is -2.59. The Morgan fingerprint density at radius 1 is 1.08 bits per heavy atom. The first-order valence-corrected chi connectivity index (χ1v) is 8.37. The lowest BCUT2D eigenvalue weighted by Gasteiger charge is -2.20. The summed E-state index contributed by atoms with van der Waals surface area (Å²) in [6.07, 6.45) is 0. The van der Waals surface area contributed by atoms with Crippen molar-refractivity contribution in [3.63, 3.8) is 0 Å². The van der Waals surface area contributed by atoms with Crippen molar-refractivity contribution < 1.29 is 9.21 Å². The van der Waals surface area contributed by atoms with E-state index in [1.165, 1.54) is 4.90 Å². The molecule has 1 aliphatic rings. The van der Waals surface area contributed by atoms with Crippen molar-refractivity contribution in [1.82, 2.24) is 4.90 Å². The normalized spacial score (nSPS) is 16.6. The fourth-order valence-corrected chi connectivity index (χ4v) is 3.61. The van der Waals surface area contributed by atoms with Gasteiger partial charge in [-0.25, -0.2) is 0 Å². The van der Waals surface area contributed by atoms with Gasteiger partial charge in [0.25, 0.3) is 5.91 Å². The van der Waals surface area contributed by atoms with Gasteiger partial charge in [-0.1, -0.05) is 23.7 Å². The molecular formula is C20H16ClNO3. The Labute approximate surface area is 149 Å². The molecule has 0 aliphatic carbocycles. The summed E-state index contributed by atoms with van der Waals surface area (Å²) in [5, 5.41) is 1.06. The van der Waals surface area contributed by atoms with Crippen LogP contribution in [0.1, 0.15) is 38.9 Å². The summed E-state index contributed by atoms with van der Waals surface area (Å²) >= 11 is 6.10. The van der Waals surface area contributed by atoms with E-state index in [4.69, 9.17) is 16.0 Å². The number of hydrogen-bond donors (Lipinski definition) is 0. The largest absolute Gasteiger partial charge is 0.450 e. The van der Waals surface area contributed by atoms with E-state index in [0.717, 1.165) is 16.7 Å². The summed E-state index contributed by atoms with van der Waals surface area (Å²) in [4.78, 5) is 27.4. The van der Waals surface area contributed by atoms with Gasteiger partial charge in [0.15, 0.2) is 5.43 Å². The topological polar surface area (TPSA) is 50.5 Å². The highest BCUT2D eigenvalue weighted by molar-refractivity contribution is 6.30. The Balaban J connectivity index is 2.05. The van der Waals surface area contributed by atoms with E-state index in [2.05, 4.69) is 0 Å². The van der Waals surface area contributed by atoms with Gasteiger partial charge in [0.1, 0.15) is 5.58 Å². The van der Waals surface area contributed by atoms with Gasteiger partial charge in [-0.2, -0.15) is 0 Å². The summed E-state index contributed by atoms with van der Waals surface area (Å²) in [6, 6.07) is 10.3. The molecule has 0 bridgehead atoms. The zero-order valence-corrected chi connectivity index (χ0v) is 14.8. The van der Waals surface area contributed by atoms with Crippen molar-refractivity contribution in [2.75, 3.05) is 7.05 Å². The van der Waals surface area contributed by atoms with Crippen molar-refractivity contribution >= 4 is 28.5 Å². The number of hydrogen-bond acceptors (Lipinski definition) is 3. The molecule has 4 nitrogen and oxygen atoms in total. The van der Waals surface area contributed by atoms with Gasteiger partial charge in [0, 0.05) is 12.1 Å². The molecule has 1 aromatic heterocycles. The highest BCUT2D eigenvalue weighted by atomic mass is 35.5. The molecule has 25 heavy (non-hydrogen) atoms. The maximum atomic E-state index is 13.2. The number of amides is 1. The van der Waals surface area contributed by atoms with Crippen molar-refractivity contribution in [2.45, 2.75) is 19.9 Å². The lowest BCUT2D eigenvalue weighted by atomic mass is 9.98. The van der Waals surface area contributed by atoms with Crippen LogP contribution in [0.2, 0.25) is 5.02 Å². The van der Waals surface area contributed by atoms with Gasteiger partial charge in [-0.05, 0) is 54.8 Å². The fourth-order valence-electron chi connectivity index (χ4n) is 3.41. The predicted molar refractivity (Wildman–Crippen MR) is 97.3 cm³/mol. The molecule has 1 atom stereocenters. The molecule has 0 radical (unpaired) electrons. The molecule has 0 saturated carbocycles. The highest BCUT2D eigenvalue weighted by Gasteiger charge is 2.40. The van der Waals surface area contributed by atoms with Crippen molar-refractivity contribution in [2.24, 2.45) is 0 Å². The van der Waals surface area contributed by atoms with E-state index in [0.29, 0.717) is 21.6 Å². The molecular weight excluding hydrogens is 338 g/mol. The minimum atomic E-state index is -0.497. The number of fused-ring (bicyclic) bond motifs is 2. The van der Waals surface area contributed by atoms with Crippen LogP contribution in [0, 0.1) is 13.8 Å². The Morgan fingerprint density at radius 3 is 2.52 bits per heavy atom. The molecule has 5 heteroatoms. The van der Waals surface area contributed by atoms with Gasteiger partial charge >= 0.3 is 0 Å². The van der Waals surface area contributed by atoms with Crippen molar-refractivity contribution in [1.29, 1.82) is 0 Å². The quantitative estimate of drug-likeness (QED) is 0.657. The second-order valence-corrected chi connectivity index (χ2v) is 6.92. The van der Waals surface area contributed by atoms with Crippen LogP contribution in [0.15, 0.2) is 45.6 Å². The molecule has 0 spiro atoms. The summed E-state index contributed by atoms with van der Waals surface area (Å²) in [6.45, 7) is 3.90. The maximum absolute atomic E-state index is 13.2. The van der Waals surface area contributed by atoms with Gasteiger partial charge in [-0.15, -0.1) is 0 Å². The van der Waals surface area contributed by atoms with Crippen LogP contribution in [0.5, 0.6) is 0 Å². The standard InChI is InChI=1S/C20H16ClNO3/c1-10-7-14-15(8-11(10)2)25-19-16(18(14)23)17(22(3)20(19)24)12-5-4-6-13(21)9-12/h4-9,17H,1-3H3. The minimum absolute atomic E-state index is 0.119. The Bertz CT molecular complexity index is 1100. The first-order valence-electron chi connectivity index (χ1n) is 7.99. The first-order chi connectivity index (χ1) is 11.9. The molecule has 0 N–H and O–H groups in total. The van der Waals surface area contributed by atoms with Crippen molar-refractivity contribution in [3.8, 4) is 0 Å². The van der Waals surface area contributed by atoms with E-state index in [1.54, 1.807) is 19.2 Å². The summed E-state index contributed by atoms with van der Waals surface area (Å²) in [7, 11) is 1.67. The average molecular weight is 354 g/mol. The van der Waals surface area contributed by atoms with E-state index in [-0.39, 0.29) is 17.1 Å². The van der Waals surface area contributed by atoms with Crippen LogP contribution in [0.4, 0.5) is 0 Å². The third kappa shape index (κ3) is 2.29. The van der Waals surface area contributed by atoms with E-state index < -0.39 is 6.04 Å². The lowest BCUT2D eigenvalue weighted by Crippen LogP contribution is -2.25. The number of benzene rings is 2. The van der Waals surface area contributed by atoms with E-state index >= 15 is 0 Å². The first kappa shape index (κ1) is 15.9. The monoisotopic (exact) mass is 353 g/mol. The number of carbonyl (C=O) groups excluding carboxylic acids is 1. The number of carbonyl (C=O) groups is 1. The number of rotatable bonds is 1. The summed E-state index contributed by atoms with van der Waals surface area (Å²) in [5.74, 6) is -0.176. The second kappa shape index (κ2) is 5.46. The van der Waals surface area contributed by atoms with Crippen LogP contribution in [0.25, 0.3) is 11.0 Å². The minimum Gasteiger partial charge on any atom is -0.450 e. The molecule has 126 valence electrons. The SMILES string of the molecule is Cc1cc2oc3c(c(=O)c2cc1C)C(c1cccc(Cl)c1)N(C)C3=O.